The third-order valence-electron chi connectivity index (χ3n) is 9.06. The van der Waals surface area contributed by atoms with Gasteiger partial charge in [-0.1, -0.05) is 48.5 Å². The zero-order chi connectivity index (χ0) is 32.2. The van der Waals surface area contributed by atoms with Gasteiger partial charge >= 0.3 is 0 Å². The molecule has 2 aliphatic rings. The Morgan fingerprint density at radius 3 is 1.56 bits per heavy atom. The summed E-state index contributed by atoms with van der Waals surface area (Å²) in [5, 5.41) is 4.75. The Balaban J connectivity index is 1.38. The lowest BCUT2D eigenvalue weighted by Gasteiger charge is -2.13. The lowest BCUT2D eigenvalue weighted by atomic mass is 9.91. The van der Waals surface area contributed by atoms with Crippen LogP contribution in [0.25, 0.3) is 90.2 Å². The molecule has 0 amide bonds. The molecule has 5 heterocycles. The number of nitrogens with zero attached hydrogens (tertiary/aromatic N) is 2. The molecule has 0 aliphatic carbocycles. The van der Waals surface area contributed by atoms with E-state index in [4.69, 9.17) is 19.4 Å². The van der Waals surface area contributed by atoms with Gasteiger partial charge in [-0.25, -0.2) is 9.97 Å². The fourth-order valence-electron chi connectivity index (χ4n) is 6.87. The van der Waals surface area contributed by atoms with Crippen molar-refractivity contribution in [3.63, 3.8) is 0 Å². The van der Waals surface area contributed by atoms with Crippen LogP contribution in [0.4, 0.5) is 0 Å². The first-order valence-corrected chi connectivity index (χ1v) is 15.9. The smallest absolute Gasteiger partial charge is 0.123 e. The summed E-state index contributed by atoms with van der Waals surface area (Å²) >= 11 is 0. The largest absolute Gasteiger partial charge is 0.497 e. The van der Waals surface area contributed by atoms with Gasteiger partial charge in [0.25, 0.3) is 0 Å². The standard InChI is InChI=1S/C42H30N4O2/c1-47-32-20-27(21-33(24-32)48-2)40-36-15-11-28(43-36)22-30-13-17-38(45-30)42(39-18-14-31(46-39)23-29-12-16-37(40)44-29)41-34-9-5-3-7-25(34)19-26-8-4-6-10-35(26)41/h3-24,43,46H,1-2H3. The van der Waals surface area contributed by atoms with Crippen LogP contribution in [0.3, 0.4) is 0 Å². The van der Waals surface area contributed by atoms with Gasteiger partial charge in [0.05, 0.1) is 37.0 Å². The van der Waals surface area contributed by atoms with Crippen LogP contribution in [0.15, 0.2) is 109 Å². The molecule has 6 heteroatoms. The fourth-order valence-corrected chi connectivity index (χ4v) is 6.87. The van der Waals surface area contributed by atoms with Crippen molar-refractivity contribution in [2.24, 2.45) is 0 Å². The van der Waals surface area contributed by atoms with Crippen molar-refractivity contribution in [2.75, 3.05) is 14.2 Å². The second-order valence-corrected chi connectivity index (χ2v) is 12.0. The number of benzene rings is 4. The zero-order valence-electron chi connectivity index (χ0n) is 26.4. The summed E-state index contributed by atoms with van der Waals surface area (Å²) in [6.45, 7) is 0. The average Bonchev–Trinajstić information content (AvgIpc) is 3.95. The molecule has 4 aromatic carbocycles. The Hall–Kier alpha value is -6.40. The van der Waals surface area contributed by atoms with Crippen LogP contribution in [-0.4, -0.2) is 34.2 Å². The SMILES string of the molecule is COc1cc(OC)cc(-c2c3nc(cc4ccc([nH]4)c(-c4c5ccccc5cc5ccccc45)c4nc(cc5ccc2[nH]5)C=C4)C=C3)c1. The van der Waals surface area contributed by atoms with E-state index in [-0.39, 0.29) is 0 Å². The van der Waals surface area contributed by atoms with E-state index in [1.807, 2.05) is 18.2 Å². The molecule has 2 aliphatic heterocycles. The van der Waals surface area contributed by atoms with E-state index in [9.17, 15) is 0 Å². The fraction of sp³-hybridized carbons (Fsp3) is 0.0476. The molecular weight excluding hydrogens is 592 g/mol. The van der Waals surface area contributed by atoms with Crippen molar-refractivity contribution in [3.05, 3.63) is 132 Å². The molecule has 9 rings (SSSR count). The molecule has 230 valence electrons. The third-order valence-corrected chi connectivity index (χ3v) is 9.06. The predicted molar refractivity (Wildman–Crippen MR) is 198 cm³/mol. The summed E-state index contributed by atoms with van der Waals surface area (Å²) in [5.41, 5.74) is 11.4. The number of fused-ring (bicyclic) bond motifs is 10. The minimum atomic E-state index is 0.708. The number of nitrogens with one attached hydrogen (secondary N) is 2. The maximum atomic E-state index is 5.62. The molecule has 0 spiro atoms. The van der Waals surface area contributed by atoms with E-state index in [1.54, 1.807) is 14.2 Å². The summed E-state index contributed by atoms with van der Waals surface area (Å²) in [6.07, 6.45) is 8.31. The Morgan fingerprint density at radius 2 is 1.00 bits per heavy atom. The van der Waals surface area contributed by atoms with E-state index >= 15 is 0 Å². The number of aromatic nitrogens is 4. The van der Waals surface area contributed by atoms with Crippen LogP contribution in [0, 0.1) is 0 Å². The van der Waals surface area contributed by atoms with Crippen molar-refractivity contribution in [2.45, 2.75) is 0 Å². The topological polar surface area (TPSA) is 75.8 Å². The molecule has 0 radical (unpaired) electrons. The Bertz CT molecular complexity index is 2580. The van der Waals surface area contributed by atoms with Crippen molar-refractivity contribution < 1.29 is 9.47 Å². The second-order valence-electron chi connectivity index (χ2n) is 12.0. The van der Waals surface area contributed by atoms with E-state index in [0.717, 1.165) is 67.1 Å². The molecule has 48 heavy (non-hydrogen) atoms. The van der Waals surface area contributed by atoms with Crippen LogP contribution in [0.1, 0.15) is 22.8 Å². The molecule has 6 nitrogen and oxygen atoms in total. The highest BCUT2D eigenvalue weighted by Gasteiger charge is 2.18. The van der Waals surface area contributed by atoms with Crippen molar-refractivity contribution in [3.8, 4) is 33.8 Å². The minimum absolute atomic E-state index is 0.708. The number of H-pyrrole nitrogens is 2. The van der Waals surface area contributed by atoms with E-state index in [0.29, 0.717) is 11.5 Å². The van der Waals surface area contributed by atoms with Gasteiger partial charge in [-0.05, 0) is 106 Å². The summed E-state index contributed by atoms with van der Waals surface area (Å²) in [6, 6.07) is 37.9. The van der Waals surface area contributed by atoms with Crippen molar-refractivity contribution in [1.29, 1.82) is 0 Å². The second kappa shape index (κ2) is 11.1. The molecule has 0 saturated heterocycles. The highest BCUT2D eigenvalue weighted by molar-refractivity contribution is 6.16. The number of ether oxygens (including phenoxy) is 2. The molecule has 0 fully saturated rings. The Kier molecular flexibility index (Phi) is 6.47. The molecule has 8 bridgehead atoms. The number of rotatable bonds is 4. The first kappa shape index (κ1) is 27.9. The zero-order valence-corrected chi connectivity index (χ0v) is 26.4. The first-order chi connectivity index (χ1) is 23.6. The average molecular weight is 623 g/mol. The van der Waals surface area contributed by atoms with Crippen LogP contribution in [-0.2, 0) is 0 Å². The van der Waals surface area contributed by atoms with Crippen molar-refractivity contribution in [1.82, 2.24) is 19.9 Å². The molecule has 0 atom stereocenters. The maximum Gasteiger partial charge on any atom is 0.123 e. The first-order valence-electron chi connectivity index (χ1n) is 15.9. The van der Waals surface area contributed by atoms with Gasteiger partial charge in [-0.15, -0.1) is 0 Å². The van der Waals surface area contributed by atoms with Gasteiger partial charge in [0.15, 0.2) is 0 Å². The van der Waals surface area contributed by atoms with E-state index < -0.39 is 0 Å². The molecule has 0 saturated carbocycles. The van der Waals surface area contributed by atoms with Gasteiger partial charge in [0.1, 0.15) is 11.5 Å². The van der Waals surface area contributed by atoms with Crippen LogP contribution >= 0.6 is 0 Å². The van der Waals surface area contributed by atoms with Crippen LogP contribution < -0.4 is 9.47 Å². The third kappa shape index (κ3) is 4.74. The number of hydrogen-bond donors (Lipinski definition) is 2. The molecular formula is C42H30N4O2. The Morgan fingerprint density at radius 1 is 0.479 bits per heavy atom. The van der Waals surface area contributed by atoms with Gasteiger partial charge in [0, 0.05) is 44.8 Å². The van der Waals surface area contributed by atoms with Gasteiger partial charge in [-0.2, -0.15) is 0 Å². The molecule has 3 aromatic heterocycles. The van der Waals surface area contributed by atoms with Gasteiger partial charge in [0.2, 0.25) is 0 Å². The van der Waals surface area contributed by atoms with E-state index in [2.05, 4.69) is 125 Å². The monoisotopic (exact) mass is 622 g/mol. The molecule has 0 unspecified atom stereocenters. The lowest BCUT2D eigenvalue weighted by molar-refractivity contribution is 0.394. The number of methoxy groups -OCH3 is 2. The normalized spacial score (nSPS) is 12.2. The van der Waals surface area contributed by atoms with Crippen molar-refractivity contribution >= 4 is 67.9 Å². The number of aromatic amines is 2. The minimum Gasteiger partial charge on any atom is -0.497 e. The summed E-state index contributed by atoms with van der Waals surface area (Å²) in [5.74, 6) is 1.42. The van der Waals surface area contributed by atoms with Crippen LogP contribution in [0.5, 0.6) is 11.5 Å². The highest BCUT2D eigenvalue weighted by atomic mass is 16.5. The molecule has 7 aromatic rings. The molecule has 2 N–H and O–H groups in total. The lowest BCUT2D eigenvalue weighted by Crippen LogP contribution is -1.91. The summed E-state index contributed by atoms with van der Waals surface area (Å²) in [7, 11) is 3.32. The van der Waals surface area contributed by atoms with Crippen LogP contribution in [0.2, 0.25) is 0 Å². The van der Waals surface area contributed by atoms with E-state index in [1.165, 1.54) is 21.5 Å². The highest BCUT2D eigenvalue weighted by Crippen LogP contribution is 2.41. The number of hydrogen-bond acceptors (Lipinski definition) is 4. The summed E-state index contributed by atoms with van der Waals surface area (Å²) < 4.78 is 11.2. The van der Waals surface area contributed by atoms with Gasteiger partial charge in [-0.3, -0.25) is 0 Å². The predicted octanol–water partition coefficient (Wildman–Crippen LogP) is 10.3. The van der Waals surface area contributed by atoms with Gasteiger partial charge < -0.3 is 19.4 Å². The maximum absolute atomic E-state index is 5.62. The summed E-state index contributed by atoms with van der Waals surface area (Å²) in [4.78, 5) is 17.7. The Labute approximate surface area is 276 Å². The quantitative estimate of drug-likeness (QED) is 0.192.